The first-order valence-corrected chi connectivity index (χ1v) is 6.38. The van der Waals surface area contributed by atoms with Crippen LogP contribution < -0.4 is 5.73 Å². The van der Waals surface area contributed by atoms with Crippen molar-refractivity contribution in [3.63, 3.8) is 0 Å². The molecule has 0 radical (unpaired) electrons. The number of carbonyl (C=O) groups excluding carboxylic acids is 1. The lowest BCUT2D eigenvalue weighted by Crippen LogP contribution is -2.25. The number of carbonyl (C=O) groups is 1. The van der Waals surface area contributed by atoms with Gasteiger partial charge in [-0.15, -0.1) is 0 Å². The molecule has 1 amide bonds. The van der Waals surface area contributed by atoms with E-state index in [0.717, 1.165) is 11.1 Å². The Morgan fingerprint density at radius 2 is 1.65 bits per heavy atom. The molecule has 2 unspecified atom stereocenters. The Morgan fingerprint density at radius 1 is 1.00 bits per heavy atom. The number of nitrogens with two attached hydrogens (primary N) is 1. The van der Waals surface area contributed by atoms with Gasteiger partial charge in [0.1, 0.15) is 6.10 Å². The first kappa shape index (κ1) is 14.2. The minimum Gasteiger partial charge on any atom is -0.390 e. The molecule has 2 atom stereocenters. The van der Waals surface area contributed by atoms with Gasteiger partial charge in [-0.25, -0.2) is 0 Å². The summed E-state index contributed by atoms with van der Waals surface area (Å²) in [6.45, 7) is 0. The third-order valence-corrected chi connectivity index (χ3v) is 3.11. The van der Waals surface area contributed by atoms with Crippen LogP contribution in [0.4, 0.5) is 0 Å². The fourth-order valence-corrected chi connectivity index (χ4v) is 2.07. The maximum absolute atomic E-state index is 10.8. The Labute approximate surface area is 117 Å². The van der Waals surface area contributed by atoms with Crippen LogP contribution >= 0.6 is 0 Å². The lowest BCUT2D eigenvalue weighted by Gasteiger charge is -2.17. The molecule has 0 heterocycles. The Kier molecular flexibility index (Phi) is 4.50. The van der Waals surface area contributed by atoms with E-state index >= 15 is 0 Å². The summed E-state index contributed by atoms with van der Waals surface area (Å²) in [5.74, 6) is -0.643. The number of primary amides is 1. The standard InChI is InChI=1S/C16H17NO3/c17-15(19)10-14(18)16(20)13-8-4-7-12(9-13)11-5-2-1-3-6-11/h1-9,14,16,18,20H,10H2,(H2,17,19). The van der Waals surface area contributed by atoms with Crippen LogP contribution in [0.5, 0.6) is 0 Å². The van der Waals surface area contributed by atoms with Gasteiger partial charge in [-0.3, -0.25) is 4.79 Å². The van der Waals surface area contributed by atoms with E-state index < -0.39 is 18.1 Å². The number of aliphatic hydroxyl groups is 2. The monoisotopic (exact) mass is 271 g/mol. The van der Waals surface area contributed by atoms with Crippen LogP contribution in [0.2, 0.25) is 0 Å². The summed E-state index contributed by atoms with van der Waals surface area (Å²) in [6.07, 6.45) is -2.60. The molecular formula is C16H17NO3. The maximum Gasteiger partial charge on any atom is 0.220 e. The van der Waals surface area contributed by atoms with Crippen LogP contribution in [0.25, 0.3) is 11.1 Å². The van der Waals surface area contributed by atoms with E-state index in [1.807, 2.05) is 36.4 Å². The van der Waals surface area contributed by atoms with E-state index in [1.165, 1.54) is 0 Å². The van der Waals surface area contributed by atoms with Crippen molar-refractivity contribution in [2.45, 2.75) is 18.6 Å². The van der Waals surface area contributed by atoms with Gasteiger partial charge in [0, 0.05) is 0 Å². The summed E-state index contributed by atoms with van der Waals surface area (Å²) in [6, 6.07) is 17.0. The van der Waals surface area contributed by atoms with Gasteiger partial charge in [0.2, 0.25) is 5.91 Å². The topological polar surface area (TPSA) is 83.6 Å². The van der Waals surface area contributed by atoms with Crippen molar-refractivity contribution < 1.29 is 15.0 Å². The highest BCUT2D eigenvalue weighted by atomic mass is 16.3. The van der Waals surface area contributed by atoms with E-state index in [9.17, 15) is 15.0 Å². The van der Waals surface area contributed by atoms with Gasteiger partial charge in [-0.05, 0) is 22.8 Å². The molecule has 2 rings (SSSR count). The zero-order chi connectivity index (χ0) is 14.5. The van der Waals surface area contributed by atoms with Gasteiger partial charge in [0.15, 0.2) is 0 Å². The first-order chi connectivity index (χ1) is 9.58. The predicted octanol–water partition coefficient (Wildman–Crippen LogP) is 1.62. The second kappa shape index (κ2) is 6.32. The Hall–Kier alpha value is -2.17. The summed E-state index contributed by atoms with van der Waals surface area (Å²) in [4.78, 5) is 10.8. The van der Waals surface area contributed by atoms with E-state index in [4.69, 9.17) is 5.73 Å². The molecule has 4 nitrogen and oxygen atoms in total. The smallest absolute Gasteiger partial charge is 0.220 e. The number of hydrogen-bond acceptors (Lipinski definition) is 3. The molecule has 0 bridgehead atoms. The van der Waals surface area contributed by atoms with Crippen LogP contribution in [-0.2, 0) is 4.79 Å². The van der Waals surface area contributed by atoms with Crippen molar-refractivity contribution in [2.24, 2.45) is 5.73 Å². The van der Waals surface area contributed by atoms with Gasteiger partial charge in [0.25, 0.3) is 0 Å². The van der Waals surface area contributed by atoms with Crippen LogP contribution in [-0.4, -0.2) is 22.2 Å². The predicted molar refractivity (Wildman–Crippen MR) is 76.7 cm³/mol. The highest BCUT2D eigenvalue weighted by molar-refractivity contribution is 5.74. The molecule has 0 aliphatic heterocycles. The van der Waals surface area contributed by atoms with Gasteiger partial charge >= 0.3 is 0 Å². The van der Waals surface area contributed by atoms with Crippen molar-refractivity contribution in [2.75, 3.05) is 0 Å². The summed E-state index contributed by atoms with van der Waals surface area (Å²) < 4.78 is 0. The molecule has 0 aromatic heterocycles. The molecular weight excluding hydrogens is 254 g/mol. The second-order valence-electron chi connectivity index (χ2n) is 4.67. The molecule has 0 saturated heterocycles. The molecule has 0 saturated carbocycles. The summed E-state index contributed by atoms with van der Waals surface area (Å²) >= 11 is 0. The van der Waals surface area contributed by atoms with E-state index in [0.29, 0.717) is 5.56 Å². The molecule has 2 aromatic rings. The van der Waals surface area contributed by atoms with Gasteiger partial charge in [-0.1, -0.05) is 48.5 Å². The SMILES string of the molecule is NC(=O)CC(O)C(O)c1cccc(-c2ccccc2)c1. The minimum absolute atomic E-state index is 0.267. The molecule has 0 aliphatic carbocycles. The molecule has 2 aromatic carbocycles. The molecule has 4 N–H and O–H groups in total. The molecule has 0 aliphatic rings. The Morgan fingerprint density at radius 3 is 2.30 bits per heavy atom. The van der Waals surface area contributed by atoms with Crippen LogP contribution in [0, 0.1) is 0 Å². The van der Waals surface area contributed by atoms with Gasteiger partial charge in [0.05, 0.1) is 12.5 Å². The summed E-state index contributed by atoms with van der Waals surface area (Å²) in [5, 5.41) is 19.8. The van der Waals surface area contributed by atoms with Gasteiger partial charge in [-0.2, -0.15) is 0 Å². The van der Waals surface area contributed by atoms with Crippen LogP contribution in [0.3, 0.4) is 0 Å². The largest absolute Gasteiger partial charge is 0.390 e. The van der Waals surface area contributed by atoms with Crippen molar-refractivity contribution >= 4 is 5.91 Å². The molecule has 4 heteroatoms. The molecule has 104 valence electrons. The summed E-state index contributed by atoms with van der Waals surface area (Å²) in [7, 11) is 0. The second-order valence-corrected chi connectivity index (χ2v) is 4.67. The third kappa shape index (κ3) is 3.44. The average molecular weight is 271 g/mol. The quantitative estimate of drug-likeness (QED) is 0.772. The van der Waals surface area contributed by atoms with Crippen LogP contribution in [0.15, 0.2) is 54.6 Å². The Balaban J connectivity index is 2.24. The van der Waals surface area contributed by atoms with E-state index in [2.05, 4.69) is 0 Å². The van der Waals surface area contributed by atoms with Crippen molar-refractivity contribution in [3.8, 4) is 11.1 Å². The molecule has 0 fully saturated rings. The van der Waals surface area contributed by atoms with Crippen molar-refractivity contribution in [1.29, 1.82) is 0 Å². The highest BCUT2D eigenvalue weighted by Gasteiger charge is 2.20. The van der Waals surface area contributed by atoms with E-state index in [1.54, 1.807) is 18.2 Å². The lowest BCUT2D eigenvalue weighted by molar-refractivity contribution is -0.121. The number of aliphatic hydroxyl groups excluding tert-OH is 2. The minimum atomic E-state index is -1.20. The fraction of sp³-hybridized carbons (Fsp3) is 0.188. The van der Waals surface area contributed by atoms with Crippen molar-refractivity contribution in [1.82, 2.24) is 0 Å². The Bertz CT molecular complexity index is 583. The number of amides is 1. The van der Waals surface area contributed by atoms with Crippen molar-refractivity contribution in [3.05, 3.63) is 60.2 Å². The lowest BCUT2D eigenvalue weighted by atomic mass is 9.97. The average Bonchev–Trinajstić information content (AvgIpc) is 2.47. The van der Waals surface area contributed by atoms with Crippen LogP contribution in [0.1, 0.15) is 18.1 Å². The van der Waals surface area contributed by atoms with Gasteiger partial charge < -0.3 is 15.9 Å². The number of hydrogen-bond donors (Lipinski definition) is 3. The zero-order valence-corrected chi connectivity index (χ0v) is 10.9. The highest BCUT2D eigenvalue weighted by Crippen LogP contribution is 2.25. The molecule has 0 spiro atoms. The number of benzene rings is 2. The first-order valence-electron chi connectivity index (χ1n) is 6.38. The zero-order valence-electron chi connectivity index (χ0n) is 10.9. The summed E-state index contributed by atoms with van der Waals surface area (Å²) in [5.41, 5.74) is 7.53. The van der Waals surface area contributed by atoms with E-state index in [-0.39, 0.29) is 6.42 Å². The molecule has 20 heavy (non-hydrogen) atoms. The maximum atomic E-state index is 10.8. The fourth-order valence-electron chi connectivity index (χ4n) is 2.07. The normalized spacial score (nSPS) is 13.7. The number of rotatable bonds is 5. The third-order valence-electron chi connectivity index (χ3n) is 3.11.